The number of hydrogen-bond acceptors (Lipinski definition) is 4. The molecule has 0 aliphatic carbocycles. The van der Waals surface area contributed by atoms with Crippen molar-refractivity contribution in [3.8, 4) is 0 Å². The average molecular weight is 290 g/mol. The Morgan fingerprint density at radius 2 is 2.24 bits per heavy atom. The topological polar surface area (TPSA) is 60.5 Å². The molecular weight excluding hydrogens is 266 g/mol. The maximum atomic E-state index is 11.9. The lowest BCUT2D eigenvalue weighted by molar-refractivity contribution is -0.145. The van der Waals surface area contributed by atoms with Gasteiger partial charge in [0.15, 0.2) is 0 Å². The van der Waals surface area contributed by atoms with Gasteiger partial charge in [-0.1, -0.05) is 18.2 Å². The van der Waals surface area contributed by atoms with E-state index >= 15 is 0 Å². The maximum Gasteiger partial charge on any atom is 0.323 e. The van der Waals surface area contributed by atoms with Crippen molar-refractivity contribution in [3.05, 3.63) is 36.0 Å². The van der Waals surface area contributed by atoms with Gasteiger partial charge in [-0.2, -0.15) is 0 Å². The van der Waals surface area contributed by atoms with Crippen LogP contribution in [-0.2, 0) is 23.0 Å². The van der Waals surface area contributed by atoms with E-state index in [4.69, 9.17) is 11.8 Å². The minimum Gasteiger partial charge on any atom is -0.463 e. The number of likely N-dealkylation sites (N-methyl/N-ethyl adjacent to an activating group) is 1. The van der Waals surface area contributed by atoms with Crippen LogP contribution in [0.4, 0.5) is 0 Å². The summed E-state index contributed by atoms with van der Waals surface area (Å²) < 4.78 is 14.6. The van der Waals surface area contributed by atoms with E-state index in [-0.39, 0.29) is 13.0 Å². The summed E-state index contributed by atoms with van der Waals surface area (Å²) in [6.07, 6.45) is 2.30. The molecule has 0 aliphatic heterocycles. The standard InChI is InChI=1S/C16H23N3O2/c1-18(2)8-9-21-16(20)14(17)10-12-11-19(3)15-7-5-4-6-13(12)15/h4-7,11,14H,8-10,17H2,1-3H3/t14-/m0/s1/i3D. The van der Waals surface area contributed by atoms with Crippen molar-refractivity contribution in [2.75, 3.05) is 27.2 Å². The lowest BCUT2D eigenvalue weighted by Crippen LogP contribution is -2.35. The summed E-state index contributed by atoms with van der Waals surface area (Å²) >= 11 is 0. The summed E-state index contributed by atoms with van der Waals surface area (Å²) in [4.78, 5) is 13.9. The highest BCUT2D eigenvalue weighted by atomic mass is 16.5. The molecule has 1 heterocycles. The third-order valence-corrected chi connectivity index (χ3v) is 3.40. The van der Waals surface area contributed by atoms with Gasteiger partial charge in [0.2, 0.25) is 0 Å². The summed E-state index contributed by atoms with van der Waals surface area (Å²) in [5.74, 6) is -0.385. The number of aryl methyl sites for hydroxylation is 1. The number of rotatable bonds is 6. The second-order valence-corrected chi connectivity index (χ2v) is 5.42. The third-order valence-electron chi connectivity index (χ3n) is 3.40. The smallest absolute Gasteiger partial charge is 0.323 e. The molecule has 0 saturated heterocycles. The summed E-state index contributed by atoms with van der Waals surface area (Å²) in [5, 5.41) is 1.03. The number of aromatic nitrogens is 1. The Kier molecular flexibility index (Phi) is 4.52. The van der Waals surface area contributed by atoms with Crippen LogP contribution in [0.1, 0.15) is 6.93 Å². The molecule has 114 valence electrons. The van der Waals surface area contributed by atoms with E-state index in [1.807, 2.05) is 54.0 Å². The number of para-hydroxylation sites is 1. The van der Waals surface area contributed by atoms with Gasteiger partial charge in [0.1, 0.15) is 12.6 Å². The molecule has 0 aliphatic rings. The lowest BCUT2D eigenvalue weighted by atomic mass is 10.1. The van der Waals surface area contributed by atoms with Crippen LogP contribution in [-0.4, -0.2) is 48.7 Å². The number of hydrogen-bond donors (Lipinski definition) is 1. The van der Waals surface area contributed by atoms with Gasteiger partial charge in [-0.3, -0.25) is 4.79 Å². The average Bonchev–Trinajstić information content (AvgIpc) is 2.85. The van der Waals surface area contributed by atoms with Crippen molar-refractivity contribution in [2.45, 2.75) is 12.5 Å². The molecule has 5 heteroatoms. The van der Waals surface area contributed by atoms with Crippen molar-refractivity contribution in [2.24, 2.45) is 12.8 Å². The van der Waals surface area contributed by atoms with Crippen LogP contribution in [0.2, 0.25) is 0 Å². The number of esters is 1. The fraction of sp³-hybridized carbons (Fsp3) is 0.438. The van der Waals surface area contributed by atoms with E-state index in [9.17, 15) is 4.79 Å². The minimum atomic E-state index is -0.688. The minimum absolute atomic E-state index is 0.142. The number of ether oxygens (including phenoxy) is 1. The molecule has 0 saturated carbocycles. The van der Waals surface area contributed by atoms with E-state index in [1.165, 1.54) is 0 Å². The monoisotopic (exact) mass is 290 g/mol. The van der Waals surface area contributed by atoms with Crippen LogP contribution in [0, 0.1) is 0 Å². The van der Waals surface area contributed by atoms with Gasteiger partial charge in [-0.05, 0) is 25.7 Å². The molecule has 2 rings (SSSR count). The van der Waals surface area contributed by atoms with Gasteiger partial charge in [0.05, 0.1) is 0 Å². The summed E-state index contributed by atoms with van der Waals surface area (Å²) in [6, 6.07) is 7.15. The molecule has 2 N–H and O–H groups in total. The number of carbonyl (C=O) groups is 1. The third kappa shape index (κ3) is 3.83. The second kappa shape index (κ2) is 6.74. The molecule has 1 aromatic heterocycles. The van der Waals surface area contributed by atoms with Crippen LogP contribution >= 0.6 is 0 Å². The van der Waals surface area contributed by atoms with Crippen molar-refractivity contribution < 1.29 is 10.9 Å². The first-order chi connectivity index (χ1) is 10.5. The molecule has 0 radical (unpaired) electrons. The van der Waals surface area contributed by atoms with E-state index in [0.717, 1.165) is 16.5 Å². The molecule has 1 aromatic carbocycles. The molecule has 0 spiro atoms. The van der Waals surface area contributed by atoms with Crippen LogP contribution in [0.25, 0.3) is 10.9 Å². The van der Waals surface area contributed by atoms with Gasteiger partial charge in [0.25, 0.3) is 0 Å². The van der Waals surface area contributed by atoms with E-state index in [2.05, 4.69) is 0 Å². The van der Waals surface area contributed by atoms with Gasteiger partial charge >= 0.3 is 5.97 Å². The van der Waals surface area contributed by atoms with Crippen LogP contribution < -0.4 is 5.73 Å². The van der Waals surface area contributed by atoms with Crippen molar-refractivity contribution in [1.29, 1.82) is 0 Å². The highest BCUT2D eigenvalue weighted by Crippen LogP contribution is 2.21. The first kappa shape index (κ1) is 14.1. The zero-order valence-corrected chi connectivity index (χ0v) is 12.6. The number of benzene rings is 1. The number of carbonyl (C=O) groups excluding carboxylic acids is 1. The van der Waals surface area contributed by atoms with Crippen molar-refractivity contribution >= 4 is 16.9 Å². The molecule has 0 fully saturated rings. The van der Waals surface area contributed by atoms with Gasteiger partial charge in [-0.25, -0.2) is 0 Å². The lowest BCUT2D eigenvalue weighted by Gasteiger charge is -2.13. The largest absolute Gasteiger partial charge is 0.463 e. The van der Waals surface area contributed by atoms with E-state index in [1.54, 1.807) is 0 Å². The first-order valence-corrected chi connectivity index (χ1v) is 6.96. The van der Waals surface area contributed by atoms with Crippen molar-refractivity contribution in [3.63, 3.8) is 0 Å². The zero-order chi connectivity index (χ0) is 16.1. The van der Waals surface area contributed by atoms with E-state index in [0.29, 0.717) is 19.6 Å². The maximum absolute atomic E-state index is 11.9. The molecule has 0 unspecified atom stereocenters. The second-order valence-electron chi connectivity index (χ2n) is 5.42. The van der Waals surface area contributed by atoms with E-state index < -0.39 is 6.04 Å². The van der Waals surface area contributed by atoms with Crippen LogP contribution in [0.5, 0.6) is 0 Å². The van der Waals surface area contributed by atoms with Gasteiger partial charge < -0.3 is 19.9 Å². The molecule has 2 aromatic rings. The molecule has 0 amide bonds. The quantitative estimate of drug-likeness (QED) is 0.811. The van der Waals surface area contributed by atoms with Gasteiger partial charge in [-0.15, -0.1) is 0 Å². The Labute approximate surface area is 126 Å². The number of nitrogens with two attached hydrogens (primary N) is 1. The highest BCUT2D eigenvalue weighted by Gasteiger charge is 2.18. The Morgan fingerprint density at radius 1 is 1.48 bits per heavy atom. The summed E-state index contributed by atoms with van der Waals surface area (Å²) in [6.45, 7) is 1.02. The Hall–Kier alpha value is -1.85. The molecule has 21 heavy (non-hydrogen) atoms. The fourth-order valence-corrected chi connectivity index (χ4v) is 2.24. The number of fused-ring (bicyclic) bond motifs is 1. The van der Waals surface area contributed by atoms with Crippen molar-refractivity contribution in [1.82, 2.24) is 9.47 Å². The molecule has 5 nitrogen and oxygen atoms in total. The van der Waals surface area contributed by atoms with Crippen LogP contribution in [0.15, 0.2) is 30.5 Å². The molecule has 0 bridgehead atoms. The number of nitrogens with zero attached hydrogens (tertiary/aromatic N) is 2. The fourth-order valence-electron chi connectivity index (χ4n) is 2.24. The summed E-state index contributed by atoms with van der Waals surface area (Å²) in [5.41, 5.74) is 7.92. The first-order valence-electron chi connectivity index (χ1n) is 7.66. The molecular formula is C16H23N3O2. The predicted octanol–water partition coefficient (Wildman–Crippen LogP) is 1.15. The van der Waals surface area contributed by atoms with Crippen LogP contribution in [0.3, 0.4) is 0 Å². The Balaban J connectivity index is 2.05. The normalized spacial score (nSPS) is 13.4. The zero-order valence-electron chi connectivity index (χ0n) is 13.6. The highest BCUT2D eigenvalue weighted by molar-refractivity contribution is 5.85. The SMILES string of the molecule is [2H]Cn1cc(C[C@H](N)C(=O)OCCN(C)C)c2ccccc21. The Morgan fingerprint density at radius 3 is 2.95 bits per heavy atom. The summed E-state index contributed by atoms with van der Waals surface area (Å²) in [7, 11) is 3.98. The predicted molar refractivity (Wildman–Crippen MR) is 84.1 cm³/mol. The Bertz CT molecular complexity index is 639. The van der Waals surface area contributed by atoms with Gasteiger partial charge in [0, 0.05) is 38.5 Å². The molecule has 1 atom stereocenters.